The molecule has 0 amide bonds. The Labute approximate surface area is 77.0 Å². The SMILES string of the molecule is O=c1[nH]cnc2[nH]c3nccnc3c12. The van der Waals surface area contributed by atoms with Crippen molar-refractivity contribution in [2.24, 2.45) is 0 Å². The van der Waals surface area contributed by atoms with Gasteiger partial charge in [0.2, 0.25) is 0 Å². The maximum atomic E-state index is 11.5. The second-order valence-electron chi connectivity index (χ2n) is 2.83. The summed E-state index contributed by atoms with van der Waals surface area (Å²) in [5.41, 5.74) is 1.43. The van der Waals surface area contributed by atoms with E-state index < -0.39 is 0 Å². The summed E-state index contributed by atoms with van der Waals surface area (Å²) in [6, 6.07) is 0. The highest BCUT2D eigenvalue weighted by Gasteiger charge is 2.09. The van der Waals surface area contributed by atoms with Gasteiger partial charge in [0.05, 0.1) is 6.33 Å². The smallest absolute Gasteiger partial charge is 0.262 e. The van der Waals surface area contributed by atoms with Crippen molar-refractivity contribution >= 4 is 22.2 Å². The summed E-state index contributed by atoms with van der Waals surface area (Å²) in [6.07, 6.45) is 4.45. The van der Waals surface area contributed by atoms with Crippen molar-refractivity contribution in [3.63, 3.8) is 0 Å². The van der Waals surface area contributed by atoms with Gasteiger partial charge < -0.3 is 9.97 Å². The quantitative estimate of drug-likeness (QED) is 0.526. The van der Waals surface area contributed by atoms with Gasteiger partial charge in [0.25, 0.3) is 5.56 Å². The molecule has 3 aromatic heterocycles. The van der Waals surface area contributed by atoms with E-state index in [1.165, 1.54) is 6.33 Å². The van der Waals surface area contributed by atoms with Crippen molar-refractivity contribution in [1.82, 2.24) is 24.9 Å². The summed E-state index contributed by atoms with van der Waals surface area (Å²) in [5.74, 6) is 0. The average molecular weight is 187 g/mol. The lowest BCUT2D eigenvalue weighted by Crippen LogP contribution is -2.05. The molecule has 3 heterocycles. The van der Waals surface area contributed by atoms with Crippen LogP contribution in [0.15, 0.2) is 23.5 Å². The molecule has 0 bridgehead atoms. The van der Waals surface area contributed by atoms with Crippen molar-refractivity contribution < 1.29 is 0 Å². The molecule has 68 valence electrons. The van der Waals surface area contributed by atoms with Gasteiger partial charge in [-0.05, 0) is 0 Å². The third kappa shape index (κ3) is 0.792. The summed E-state index contributed by atoms with van der Waals surface area (Å²) in [7, 11) is 0. The van der Waals surface area contributed by atoms with Crippen LogP contribution in [0.25, 0.3) is 22.2 Å². The molecule has 0 saturated carbocycles. The minimum absolute atomic E-state index is 0.207. The van der Waals surface area contributed by atoms with Gasteiger partial charge in [-0.2, -0.15) is 0 Å². The minimum atomic E-state index is -0.207. The Bertz CT molecular complexity index is 668. The number of nitrogens with zero attached hydrogens (tertiary/aromatic N) is 3. The van der Waals surface area contributed by atoms with E-state index in [0.29, 0.717) is 22.2 Å². The molecule has 0 radical (unpaired) electrons. The molecular formula is C8H5N5O. The summed E-state index contributed by atoms with van der Waals surface area (Å²) in [4.78, 5) is 29.0. The lowest BCUT2D eigenvalue weighted by molar-refractivity contribution is 1.16. The molecule has 0 saturated heterocycles. The molecule has 3 aromatic rings. The molecule has 0 aliphatic rings. The van der Waals surface area contributed by atoms with Crippen molar-refractivity contribution in [3.8, 4) is 0 Å². The zero-order valence-electron chi connectivity index (χ0n) is 6.98. The fraction of sp³-hybridized carbons (Fsp3) is 0. The normalized spacial score (nSPS) is 11.1. The number of aromatic amines is 2. The Morgan fingerprint density at radius 3 is 2.86 bits per heavy atom. The number of rotatable bonds is 0. The van der Waals surface area contributed by atoms with E-state index in [1.807, 2.05) is 0 Å². The standard InChI is InChI=1S/C8H5N5O/c14-8-4-5-7(10-2-1-9-5)13-6(4)11-3-12-8/h1-3H,(H2,10,11,12,13,14). The largest absolute Gasteiger partial charge is 0.322 e. The monoisotopic (exact) mass is 187 g/mol. The Morgan fingerprint density at radius 2 is 1.93 bits per heavy atom. The maximum absolute atomic E-state index is 11.5. The summed E-state index contributed by atoms with van der Waals surface area (Å²) < 4.78 is 0. The Balaban J connectivity index is 2.73. The van der Waals surface area contributed by atoms with Gasteiger partial charge in [-0.15, -0.1) is 0 Å². The Hall–Kier alpha value is -2.24. The number of nitrogens with one attached hydrogen (secondary N) is 2. The first kappa shape index (κ1) is 7.19. The highest BCUT2D eigenvalue weighted by molar-refractivity contribution is 6.00. The van der Waals surface area contributed by atoms with Gasteiger partial charge >= 0.3 is 0 Å². The Morgan fingerprint density at radius 1 is 1.07 bits per heavy atom. The van der Waals surface area contributed by atoms with E-state index in [2.05, 4.69) is 24.9 Å². The first-order valence-electron chi connectivity index (χ1n) is 4.02. The summed E-state index contributed by atoms with van der Waals surface area (Å²) >= 11 is 0. The number of hydrogen-bond donors (Lipinski definition) is 2. The van der Waals surface area contributed by atoms with Crippen LogP contribution < -0.4 is 5.56 Å². The predicted octanol–water partition coefficient (Wildman–Crippen LogP) is 0.194. The van der Waals surface area contributed by atoms with Crippen molar-refractivity contribution in [3.05, 3.63) is 29.1 Å². The van der Waals surface area contributed by atoms with Crippen LogP contribution in [0, 0.1) is 0 Å². The van der Waals surface area contributed by atoms with Crippen molar-refractivity contribution in [2.45, 2.75) is 0 Å². The van der Waals surface area contributed by atoms with Gasteiger partial charge in [-0.25, -0.2) is 9.97 Å². The van der Waals surface area contributed by atoms with Crippen LogP contribution in [0.3, 0.4) is 0 Å². The fourth-order valence-electron chi connectivity index (χ4n) is 1.44. The maximum Gasteiger partial charge on any atom is 0.262 e. The highest BCUT2D eigenvalue weighted by Crippen LogP contribution is 2.14. The molecule has 0 aliphatic carbocycles. The second-order valence-corrected chi connectivity index (χ2v) is 2.83. The van der Waals surface area contributed by atoms with Crippen LogP contribution in [0.2, 0.25) is 0 Å². The third-order valence-electron chi connectivity index (χ3n) is 2.03. The van der Waals surface area contributed by atoms with Gasteiger partial charge in [0.15, 0.2) is 5.65 Å². The molecule has 0 aliphatic heterocycles. The number of fused-ring (bicyclic) bond motifs is 3. The first-order chi connectivity index (χ1) is 6.86. The zero-order chi connectivity index (χ0) is 9.54. The van der Waals surface area contributed by atoms with Crippen LogP contribution in [0.5, 0.6) is 0 Å². The van der Waals surface area contributed by atoms with E-state index in [1.54, 1.807) is 12.4 Å². The van der Waals surface area contributed by atoms with E-state index in [9.17, 15) is 4.79 Å². The number of hydrogen-bond acceptors (Lipinski definition) is 4. The molecule has 14 heavy (non-hydrogen) atoms. The topological polar surface area (TPSA) is 87.3 Å². The van der Waals surface area contributed by atoms with E-state index in [0.717, 1.165) is 0 Å². The Kier molecular flexibility index (Phi) is 1.22. The van der Waals surface area contributed by atoms with Gasteiger partial charge in [0.1, 0.15) is 16.6 Å². The summed E-state index contributed by atoms with van der Waals surface area (Å²) in [5, 5.41) is 0.454. The highest BCUT2D eigenvalue weighted by atomic mass is 16.1. The lowest BCUT2D eigenvalue weighted by atomic mass is 10.4. The molecule has 6 nitrogen and oxygen atoms in total. The number of aromatic nitrogens is 5. The summed E-state index contributed by atoms with van der Waals surface area (Å²) in [6.45, 7) is 0. The van der Waals surface area contributed by atoms with Crippen molar-refractivity contribution in [1.29, 1.82) is 0 Å². The molecule has 2 N–H and O–H groups in total. The molecular weight excluding hydrogens is 182 g/mol. The van der Waals surface area contributed by atoms with E-state index >= 15 is 0 Å². The molecule has 6 heteroatoms. The molecule has 0 unspecified atom stereocenters. The van der Waals surface area contributed by atoms with Crippen molar-refractivity contribution in [2.75, 3.05) is 0 Å². The van der Waals surface area contributed by atoms with Gasteiger partial charge in [-0.3, -0.25) is 9.78 Å². The molecule has 3 rings (SSSR count). The van der Waals surface area contributed by atoms with E-state index in [-0.39, 0.29) is 5.56 Å². The predicted molar refractivity (Wildman–Crippen MR) is 49.8 cm³/mol. The minimum Gasteiger partial charge on any atom is -0.322 e. The third-order valence-corrected chi connectivity index (χ3v) is 2.03. The van der Waals surface area contributed by atoms with Gasteiger partial charge in [-0.1, -0.05) is 0 Å². The fourth-order valence-corrected chi connectivity index (χ4v) is 1.44. The molecule has 0 atom stereocenters. The first-order valence-corrected chi connectivity index (χ1v) is 4.02. The average Bonchev–Trinajstić information content (AvgIpc) is 2.57. The lowest BCUT2D eigenvalue weighted by Gasteiger charge is -1.85. The van der Waals surface area contributed by atoms with Crippen LogP contribution in [0.1, 0.15) is 0 Å². The van der Waals surface area contributed by atoms with Crippen LogP contribution in [-0.4, -0.2) is 24.9 Å². The van der Waals surface area contributed by atoms with Crippen LogP contribution in [0.4, 0.5) is 0 Å². The van der Waals surface area contributed by atoms with E-state index in [4.69, 9.17) is 0 Å². The van der Waals surface area contributed by atoms with Crippen LogP contribution in [-0.2, 0) is 0 Å². The molecule has 0 fully saturated rings. The van der Waals surface area contributed by atoms with Gasteiger partial charge in [0, 0.05) is 12.4 Å². The molecule has 0 spiro atoms. The molecule has 0 aromatic carbocycles. The zero-order valence-corrected chi connectivity index (χ0v) is 6.98. The second kappa shape index (κ2) is 2.38. The number of H-pyrrole nitrogens is 2. The van der Waals surface area contributed by atoms with Crippen LogP contribution >= 0.6 is 0 Å².